The number of hydrogen-bond donors (Lipinski definition) is 1. The quantitative estimate of drug-likeness (QED) is 0.856. The summed E-state index contributed by atoms with van der Waals surface area (Å²) in [7, 11) is 1.53. The summed E-state index contributed by atoms with van der Waals surface area (Å²) in [6.45, 7) is 0. The second-order valence-electron chi connectivity index (χ2n) is 5.07. The molecule has 0 heterocycles. The first-order valence-corrected chi connectivity index (χ1v) is 6.46. The van der Waals surface area contributed by atoms with E-state index in [4.69, 9.17) is 10.5 Å². The normalized spacial score (nSPS) is 20.3. The molecule has 0 aromatic heterocycles. The molecule has 0 spiro atoms. The van der Waals surface area contributed by atoms with Crippen LogP contribution in [0.4, 0.5) is 13.2 Å². The van der Waals surface area contributed by atoms with Crippen LogP contribution in [0.5, 0.6) is 0 Å². The lowest BCUT2D eigenvalue weighted by molar-refractivity contribution is -0.0603. The minimum absolute atomic E-state index is 0.0253. The molecule has 1 saturated carbocycles. The molecule has 106 valence electrons. The molecule has 0 saturated heterocycles. The Morgan fingerprint density at radius 3 is 2.32 bits per heavy atom. The van der Waals surface area contributed by atoms with Crippen molar-refractivity contribution in [3.05, 3.63) is 35.1 Å². The van der Waals surface area contributed by atoms with Crippen molar-refractivity contribution in [2.24, 2.45) is 5.73 Å². The third kappa shape index (κ3) is 2.49. The Hall–Kier alpha value is -1.07. The molecule has 19 heavy (non-hydrogen) atoms. The van der Waals surface area contributed by atoms with E-state index < -0.39 is 29.1 Å². The number of halogens is 3. The Kier molecular flexibility index (Phi) is 4.16. The van der Waals surface area contributed by atoms with Crippen LogP contribution >= 0.6 is 0 Å². The fraction of sp³-hybridized carbons (Fsp3) is 0.571. The molecule has 1 aliphatic rings. The van der Waals surface area contributed by atoms with Gasteiger partial charge >= 0.3 is 0 Å². The van der Waals surface area contributed by atoms with Gasteiger partial charge in [-0.1, -0.05) is 25.3 Å². The zero-order valence-corrected chi connectivity index (χ0v) is 10.9. The zero-order chi connectivity index (χ0) is 14.0. The van der Waals surface area contributed by atoms with Gasteiger partial charge in [0.1, 0.15) is 0 Å². The molecule has 1 aliphatic carbocycles. The topological polar surface area (TPSA) is 35.2 Å². The predicted molar refractivity (Wildman–Crippen MR) is 66.1 cm³/mol. The van der Waals surface area contributed by atoms with Crippen molar-refractivity contribution >= 4 is 0 Å². The summed E-state index contributed by atoms with van der Waals surface area (Å²) in [6.07, 6.45) is 4.35. The largest absolute Gasteiger partial charge is 0.376 e. The van der Waals surface area contributed by atoms with E-state index in [9.17, 15) is 13.2 Å². The minimum Gasteiger partial charge on any atom is -0.376 e. The van der Waals surface area contributed by atoms with E-state index in [0.717, 1.165) is 25.3 Å². The van der Waals surface area contributed by atoms with Crippen molar-refractivity contribution in [2.75, 3.05) is 7.11 Å². The first kappa shape index (κ1) is 14.3. The van der Waals surface area contributed by atoms with Crippen molar-refractivity contribution < 1.29 is 17.9 Å². The molecule has 1 aromatic carbocycles. The van der Waals surface area contributed by atoms with Gasteiger partial charge in [-0.3, -0.25) is 0 Å². The third-order valence-electron chi connectivity index (χ3n) is 4.07. The van der Waals surface area contributed by atoms with Crippen molar-refractivity contribution in [1.82, 2.24) is 0 Å². The van der Waals surface area contributed by atoms with Gasteiger partial charge in [0.2, 0.25) is 0 Å². The monoisotopic (exact) mass is 273 g/mol. The average Bonchev–Trinajstić information content (AvgIpc) is 2.45. The third-order valence-corrected chi connectivity index (χ3v) is 4.07. The zero-order valence-electron chi connectivity index (χ0n) is 10.9. The molecule has 0 radical (unpaired) electrons. The van der Waals surface area contributed by atoms with Gasteiger partial charge in [-0.05, 0) is 18.9 Å². The van der Waals surface area contributed by atoms with Gasteiger partial charge in [0.05, 0.1) is 11.6 Å². The van der Waals surface area contributed by atoms with Crippen molar-refractivity contribution in [1.29, 1.82) is 0 Å². The average molecular weight is 273 g/mol. The van der Waals surface area contributed by atoms with Crippen LogP contribution in [0.1, 0.15) is 43.7 Å². The lowest BCUT2D eigenvalue weighted by Crippen LogP contribution is -2.45. The Labute approximate surface area is 110 Å². The molecule has 2 rings (SSSR count). The van der Waals surface area contributed by atoms with Crippen LogP contribution in [0.2, 0.25) is 0 Å². The van der Waals surface area contributed by atoms with Crippen LogP contribution in [-0.4, -0.2) is 12.7 Å². The number of ether oxygens (including phenoxy) is 1. The van der Waals surface area contributed by atoms with E-state index in [1.54, 1.807) is 0 Å². The first-order chi connectivity index (χ1) is 9.02. The Bertz CT molecular complexity index is 458. The first-order valence-electron chi connectivity index (χ1n) is 6.46. The lowest BCUT2D eigenvalue weighted by Gasteiger charge is -2.41. The van der Waals surface area contributed by atoms with E-state index >= 15 is 0 Å². The molecule has 1 fully saturated rings. The van der Waals surface area contributed by atoms with Crippen LogP contribution in [0.3, 0.4) is 0 Å². The lowest BCUT2D eigenvalue weighted by atomic mass is 9.77. The van der Waals surface area contributed by atoms with Gasteiger partial charge in [-0.2, -0.15) is 0 Å². The number of rotatable bonds is 3. The highest BCUT2D eigenvalue weighted by atomic mass is 19.2. The fourth-order valence-corrected chi connectivity index (χ4v) is 2.86. The number of benzene rings is 1. The van der Waals surface area contributed by atoms with E-state index in [1.807, 2.05) is 0 Å². The molecule has 0 amide bonds. The second kappa shape index (κ2) is 5.51. The molecule has 1 atom stereocenters. The number of nitrogens with two attached hydrogens (primary N) is 1. The van der Waals surface area contributed by atoms with E-state index in [1.165, 1.54) is 13.2 Å². The Balaban J connectivity index is 2.37. The summed E-state index contributed by atoms with van der Waals surface area (Å²) in [6, 6.07) is 1.31. The van der Waals surface area contributed by atoms with Gasteiger partial charge in [-0.15, -0.1) is 0 Å². The molecule has 2 nitrogen and oxygen atoms in total. The summed E-state index contributed by atoms with van der Waals surface area (Å²) in [5, 5.41) is 0. The minimum atomic E-state index is -1.48. The van der Waals surface area contributed by atoms with Crippen molar-refractivity contribution in [2.45, 2.75) is 43.7 Å². The molecule has 1 aromatic rings. The molecular weight excluding hydrogens is 255 g/mol. The standard InChI is InChI=1S/C14H18F3NO/c1-19-14(7-3-2-4-8-14)13(18)9-5-6-10(15)12(17)11(9)16/h5-6,13H,2-4,7-8,18H2,1H3. The molecule has 5 heteroatoms. The van der Waals surface area contributed by atoms with Gasteiger partial charge in [0, 0.05) is 12.7 Å². The van der Waals surface area contributed by atoms with Crippen molar-refractivity contribution in [3.63, 3.8) is 0 Å². The smallest absolute Gasteiger partial charge is 0.194 e. The number of hydrogen-bond acceptors (Lipinski definition) is 2. The van der Waals surface area contributed by atoms with E-state index in [-0.39, 0.29) is 5.56 Å². The highest BCUT2D eigenvalue weighted by Crippen LogP contribution is 2.40. The van der Waals surface area contributed by atoms with Gasteiger partial charge in [0.15, 0.2) is 17.5 Å². The summed E-state index contributed by atoms with van der Waals surface area (Å²) in [5.41, 5.74) is 5.36. The molecule has 2 N–H and O–H groups in total. The fourth-order valence-electron chi connectivity index (χ4n) is 2.86. The predicted octanol–water partition coefficient (Wildman–Crippen LogP) is 3.45. The molecular formula is C14H18F3NO. The van der Waals surface area contributed by atoms with Crippen LogP contribution in [0.15, 0.2) is 12.1 Å². The summed E-state index contributed by atoms with van der Waals surface area (Å²) < 4.78 is 45.6. The Morgan fingerprint density at radius 2 is 1.74 bits per heavy atom. The van der Waals surface area contributed by atoms with E-state index in [0.29, 0.717) is 12.8 Å². The Morgan fingerprint density at radius 1 is 1.11 bits per heavy atom. The van der Waals surface area contributed by atoms with Gasteiger partial charge < -0.3 is 10.5 Å². The maximum Gasteiger partial charge on any atom is 0.194 e. The second-order valence-corrected chi connectivity index (χ2v) is 5.07. The van der Waals surface area contributed by atoms with Crippen LogP contribution in [0, 0.1) is 17.5 Å². The summed E-state index contributed by atoms with van der Waals surface area (Å²) >= 11 is 0. The van der Waals surface area contributed by atoms with Gasteiger partial charge in [-0.25, -0.2) is 13.2 Å². The van der Waals surface area contributed by atoms with Gasteiger partial charge in [0.25, 0.3) is 0 Å². The maximum absolute atomic E-state index is 13.8. The van der Waals surface area contributed by atoms with Crippen LogP contribution < -0.4 is 5.73 Å². The highest BCUT2D eigenvalue weighted by molar-refractivity contribution is 5.26. The van der Waals surface area contributed by atoms with E-state index in [2.05, 4.69) is 0 Å². The molecule has 0 aliphatic heterocycles. The van der Waals surface area contributed by atoms with Crippen LogP contribution in [0.25, 0.3) is 0 Å². The maximum atomic E-state index is 13.8. The van der Waals surface area contributed by atoms with Crippen LogP contribution in [-0.2, 0) is 4.74 Å². The van der Waals surface area contributed by atoms with Crippen molar-refractivity contribution in [3.8, 4) is 0 Å². The summed E-state index contributed by atoms with van der Waals surface area (Å²) in [5.74, 6) is -3.90. The SMILES string of the molecule is COC1(C(N)c2ccc(F)c(F)c2F)CCCCC1. The highest BCUT2D eigenvalue weighted by Gasteiger charge is 2.40. The number of methoxy groups -OCH3 is 1. The summed E-state index contributed by atoms with van der Waals surface area (Å²) in [4.78, 5) is 0. The molecule has 0 bridgehead atoms. The molecule has 1 unspecified atom stereocenters.